The summed E-state index contributed by atoms with van der Waals surface area (Å²) in [5, 5.41) is 21.3. The van der Waals surface area contributed by atoms with Crippen molar-refractivity contribution in [2.75, 3.05) is 5.32 Å². The van der Waals surface area contributed by atoms with Gasteiger partial charge in [-0.2, -0.15) is 5.26 Å². The molecular formula is C14H8BrIN2O2. The van der Waals surface area contributed by atoms with Gasteiger partial charge in [0.05, 0.1) is 14.8 Å². The number of nitrogens with zero attached hydrogens (tertiary/aromatic N) is 1. The number of carbonyl (C=O) groups is 1. The van der Waals surface area contributed by atoms with Gasteiger partial charge in [-0.05, 0) is 59.0 Å². The summed E-state index contributed by atoms with van der Waals surface area (Å²) in [4.78, 5) is 12.1. The minimum absolute atomic E-state index is 0.0505. The average molecular weight is 443 g/mol. The zero-order valence-electron chi connectivity index (χ0n) is 10.0. The van der Waals surface area contributed by atoms with E-state index in [-0.39, 0.29) is 11.7 Å². The maximum atomic E-state index is 12.1. The summed E-state index contributed by atoms with van der Waals surface area (Å²) in [5.74, 6) is -0.329. The lowest BCUT2D eigenvalue weighted by Crippen LogP contribution is -2.12. The van der Waals surface area contributed by atoms with Gasteiger partial charge in [0, 0.05) is 10.0 Å². The molecule has 4 nitrogen and oxygen atoms in total. The Morgan fingerprint density at radius 1 is 1.30 bits per heavy atom. The Morgan fingerprint density at radius 2 is 2.05 bits per heavy atom. The van der Waals surface area contributed by atoms with Crippen LogP contribution < -0.4 is 5.32 Å². The number of benzene rings is 2. The lowest BCUT2D eigenvalue weighted by molar-refractivity contribution is 0.102. The van der Waals surface area contributed by atoms with E-state index >= 15 is 0 Å². The smallest absolute Gasteiger partial charge is 0.255 e. The van der Waals surface area contributed by atoms with Crippen LogP contribution >= 0.6 is 38.5 Å². The van der Waals surface area contributed by atoms with Gasteiger partial charge in [-0.1, -0.05) is 15.9 Å². The Bertz CT molecular complexity index is 726. The van der Waals surface area contributed by atoms with Gasteiger partial charge in [-0.3, -0.25) is 4.79 Å². The van der Waals surface area contributed by atoms with Crippen molar-refractivity contribution in [2.45, 2.75) is 0 Å². The molecule has 100 valence electrons. The van der Waals surface area contributed by atoms with Crippen LogP contribution in [0.1, 0.15) is 15.9 Å². The van der Waals surface area contributed by atoms with E-state index < -0.39 is 0 Å². The molecular weight excluding hydrogens is 435 g/mol. The summed E-state index contributed by atoms with van der Waals surface area (Å²) in [7, 11) is 0. The van der Waals surface area contributed by atoms with Crippen molar-refractivity contribution in [3.8, 4) is 11.8 Å². The molecule has 0 atom stereocenters. The predicted molar refractivity (Wildman–Crippen MR) is 87.6 cm³/mol. The standard InChI is InChI=1S/C14H8BrIN2O2/c15-10-2-4-12(9(5-10)7-17)18-14(20)8-1-3-11(16)13(19)6-8/h1-6,19H,(H,18,20). The largest absolute Gasteiger partial charge is 0.507 e. The number of phenolic OH excluding ortho intramolecular Hbond substituents is 1. The lowest BCUT2D eigenvalue weighted by atomic mass is 10.1. The summed E-state index contributed by atoms with van der Waals surface area (Å²) in [6.07, 6.45) is 0. The maximum absolute atomic E-state index is 12.1. The summed E-state index contributed by atoms with van der Waals surface area (Å²) < 4.78 is 1.43. The van der Waals surface area contributed by atoms with Crippen molar-refractivity contribution in [3.63, 3.8) is 0 Å². The molecule has 0 aromatic heterocycles. The van der Waals surface area contributed by atoms with Gasteiger partial charge in [-0.25, -0.2) is 0 Å². The Morgan fingerprint density at radius 3 is 2.70 bits per heavy atom. The van der Waals surface area contributed by atoms with Gasteiger partial charge in [0.1, 0.15) is 11.8 Å². The van der Waals surface area contributed by atoms with Crippen molar-refractivity contribution >= 4 is 50.1 Å². The number of anilines is 1. The SMILES string of the molecule is N#Cc1cc(Br)ccc1NC(=O)c1ccc(I)c(O)c1. The number of phenols is 1. The second-order valence-electron chi connectivity index (χ2n) is 3.92. The summed E-state index contributed by atoms with van der Waals surface area (Å²) in [5.41, 5.74) is 1.12. The third-order valence-electron chi connectivity index (χ3n) is 2.56. The van der Waals surface area contributed by atoms with Gasteiger partial charge < -0.3 is 10.4 Å². The van der Waals surface area contributed by atoms with Crippen molar-refractivity contribution < 1.29 is 9.90 Å². The van der Waals surface area contributed by atoms with Crippen LogP contribution in [-0.4, -0.2) is 11.0 Å². The highest BCUT2D eigenvalue weighted by atomic mass is 127. The van der Waals surface area contributed by atoms with E-state index in [0.29, 0.717) is 20.4 Å². The van der Waals surface area contributed by atoms with E-state index in [1.54, 1.807) is 30.3 Å². The van der Waals surface area contributed by atoms with Gasteiger partial charge in [-0.15, -0.1) is 0 Å². The number of nitrogens with one attached hydrogen (secondary N) is 1. The topological polar surface area (TPSA) is 73.1 Å². The van der Waals surface area contributed by atoms with Crippen molar-refractivity contribution in [1.29, 1.82) is 5.26 Å². The number of aromatic hydroxyl groups is 1. The van der Waals surface area contributed by atoms with Crippen LogP contribution in [0.25, 0.3) is 0 Å². The number of hydrogen-bond acceptors (Lipinski definition) is 3. The zero-order valence-corrected chi connectivity index (χ0v) is 13.8. The van der Waals surface area contributed by atoms with Crippen LogP contribution in [0.4, 0.5) is 5.69 Å². The fourth-order valence-corrected chi connectivity index (χ4v) is 2.26. The van der Waals surface area contributed by atoms with Crippen molar-refractivity contribution in [1.82, 2.24) is 0 Å². The van der Waals surface area contributed by atoms with Gasteiger partial charge in [0.15, 0.2) is 0 Å². The molecule has 1 amide bonds. The van der Waals surface area contributed by atoms with E-state index in [1.165, 1.54) is 6.07 Å². The Balaban J connectivity index is 2.28. The molecule has 2 N–H and O–H groups in total. The number of nitriles is 1. The van der Waals surface area contributed by atoms with Crippen molar-refractivity contribution in [3.05, 3.63) is 55.6 Å². The molecule has 0 aliphatic carbocycles. The molecule has 0 aliphatic rings. The predicted octanol–water partition coefficient (Wildman–Crippen LogP) is 3.88. The van der Waals surface area contributed by atoms with Crippen LogP contribution in [0.2, 0.25) is 0 Å². The number of rotatable bonds is 2. The number of hydrogen-bond donors (Lipinski definition) is 2. The molecule has 2 aromatic rings. The van der Waals surface area contributed by atoms with E-state index in [2.05, 4.69) is 21.2 Å². The van der Waals surface area contributed by atoms with E-state index in [9.17, 15) is 9.90 Å². The first-order valence-electron chi connectivity index (χ1n) is 5.51. The van der Waals surface area contributed by atoms with Crippen LogP contribution in [-0.2, 0) is 0 Å². The fraction of sp³-hybridized carbons (Fsp3) is 0. The highest BCUT2D eigenvalue weighted by Gasteiger charge is 2.11. The number of amides is 1. The molecule has 2 rings (SSSR count). The second-order valence-corrected chi connectivity index (χ2v) is 6.00. The highest BCUT2D eigenvalue weighted by molar-refractivity contribution is 14.1. The molecule has 0 aliphatic heterocycles. The van der Waals surface area contributed by atoms with Crippen molar-refractivity contribution in [2.24, 2.45) is 0 Å². The molecule has 20 heavy (non-hydrogen) atoms. The van der Waals surface area contributed by atoms with E-state index in [4.69, 9.17) is 5.26 Å². The summed E-state index contributed by atoms with van der Waals surface area (Å²) in [6.45, 7) is 0. The van der Waals surface area contributed by atoms with Crippen LogP contribution in [0, 0.1) is 14.9 Å². The third-order valence-corrected chi connectivity index (χ3v) is 3.96. The fourth-order valence-electron chi connectivity index (χ4n) is 1.57. The minimum Gasteiger partial charge on any atom is -0.507 e. The van der Waals surface area contributed by atoms with E-state index in [1.807, 2.05) is 28.7 Å². The molecule has 0 spiro atoms. The van der Waals surface area contributed by atoms with Gasteiger partial charge in [0.25, 0.3) is 5.91 Å². The highest BCUT2D eigenvalue weighted by Crippen LogP contribution is 2.23. The molecule has 0 radical (unpaired) electrons. The van der Waals surface area contributed by atoms with Crippen LogP contribution in [0.3, 0.4) is 0 Å². The second kappa shape index (κ2) is 6.24. The average Bonchev–Trinajstić information content (AvgIpc) is 2.43. The Kier molecular flexibility index (Phi) is 4.62. The molecule has 6 heteroatoms. The van der Waals surface area contributed by atoms with Gasteiger partial charge >= 0.3 is 0 Å². The molecule has 0 heterocycles. The van der Waals surface area contributed by atoms with Gasteiger partial charge in [0.2, 0.25) is 0 Å². The number of carbonyl (C=O) groups excluding carboxylic acids is 1. The monoisotopic (exact) mass is 442 g/mol. The van der Waals surface area contributed by atoms with Crippen LogP contribution in [0.15, 0.2) is 40.9 Å². The summed E-state index contributed by atoms with van der Waals surface area (Å²) in [6, 6.07) is 11.7. The van der Waals surface area contributed by atoms with Crippen LogP contribution in [0.5, 0.6) is 5.75 Å². The Hall–Kier alpha value is -1.59. The first-order chi connectivity index (χ1) is 9.51. The minimum atomic E-state index is -0.379. The molecule has 0 saturated heterocycles. The van der Waals surface area contributed by atoms with E-state index in [0.717, 1.165) is 4.47 Å². The molecule has 0 saturated carbocycles. The first-order valence-corrected chi connectivity index (χ1v) is 7.38. The zero-order chi connectivity index (χ0) is 14.7. The molecule has 0 fully saturated rings. The summed E-state index contributed by atoms with van der Waals surface area (Å²) >= 11 is 5.24. The third kappa shape index (κ3) is 3.29. The molecule has 2 aromatic carbocycles. The normalized spacial score (nSPS) is 9.85. The quantitative estimate of drug-likeness (QED) is 0.693. The molecule has 0 unspecified atom stereocenters. The number of halogens is 2. The molecule has 0 bridgehead atoms. The Labute approximate surface area is 137 Å². The lowest BCUT2D eigenvalue weighted by Gasteiger charge is -2.08. The first kappa shape index (κ1) is 14.8. The maximum Gasteiger partial charge on any atom is 0.255 e.